The number of rotatable bonds is 5. The van der Waals surface area contributed by atoms with Crippen molar-refractivity contribution in [3.63, 3.8) is 0 Å². The number of alkyl halides is 1. The van der Waals surface area contributed by atoms with E-state index in [4.69, 9.17) is 10.1 Å². The highest BCUT2D eigenvalue weighted by atomic mass is 19.1. The molecule has 33 heavy (non-hydrogen) atoms. The van der Waals surface area contributed by atoms with Gasteiger partial charge in [0.15, 0.2) is 6.23 Å². The summed E-state index contributed by atoms with van der Waals surface area (Å²) in [5.74, 6) is -0.352. The van der Waals surface area contributed by atoms with Gasteiger partial charge in [-0.2, -0.15) is 0 Å². The normalized spacial score (nSPS) is 22.2. The number of allylic oxidation sites excluding steroid dienone is 3. The summed E-state index contributed by atoms with van der Waals surface area (Å²) in [5.41, 5.74) is 5.18. The molecule has 1 aliphatic carbocycles. The van der Waals surface area contributed by atoms with Crippen LogP contribution < -0.4 is 16.0 Å². The molecule has 1 aromatic heterocycles. The molecular weight excluding hydrogens is 423 g/mol. The molecule has 4 rings (SSSR count). The van der Waals surface area contributed by atoms with Crippen molar-refractivity contribution < 1.29 is 13.9 Å². The highest BCUT2D eigenvalue weighted by Crippen LogP contribution is 2.27. The predicted molar refractivity (Wildman–Crippen MR) is 124 cm³/mol. The summed E-state index contributed by atoms with van der Waals surface area (Å²) in [4.78, 5) is 19.5. The molecule has 9 heteroatoms. The topological polar surface area (TPSA) is 102 Å². The Kier molecular flexibility index (Phi) is 6.48. The fourth-order valence-electron chi connectivity index (χ4n) is 4.16. The Morgan fingerprint density at radius 3 is 2.64 bits per heavy atom. The van der Waals surface area contributed by atoms with Gasteiger partial charge in [-0.25, -0.2) is 4.39 Å². The summed E-state index contributed by atoms with van der Waals surface area (Å²) in [6.45, 7) is 4.89. The first-order valence-corrected chi connectivity index (χ1v) is 11.0. The molecule has 3 heterocycles. The Morgan fingerprint density at radius 2 is 1.97 bits per heavy atom. The highest BCUT2D eigenvalue weighted by Gasteiger charge is 2.29. The summed E-state index contributed by atoms with van der Waals surface area (Å²) >= 11 is 0. The van der Waals surface area contributed by atoms with Gasteiger partial charge < -0.3 is 31.0 Å². The standard InChI is InChI=1S/C24H29FN6O2/c1-14-8-16(9-15(2)28-14)24-30-21(13-33-24)23(32)29-20-10-17(12-27-3)19(26)11-22(20)31-6-4-18(25)5-7-31/h8-13,18,24,26-27,30H,4-7H2,1-3H3,(H,29,32)/b17-12-,26-19?. The van der Waals surface area contributed by atoms with Crippen LogP contribution in [-0.4, -0.2) is 47.8 Å². The molecule has 1 amide bonds. The number of halogens is 1. The first-order valence-electron chi connectivity index (χ1n) is 11.0. The Hall–Kier alpha value is -3.62. The number of ether oxygens (including phenoxy) is 1. The number of likely N-dealkylation sites (tertiary alicyclic amines) is 1. The van der Waals surface area contributed by atoms with Gasteiger partial charge in [0, 0.05) is 48.9 Å². The maximum absolute atomic E-state index is 13.7. The molecule has 1 aromatic rings. The van der Waals surface area contributed by atoms with E-state index < -0.39 is 12.4 Å². The number of pyridine rings is 1. The predicted octanol–water partition coefficient (Wildman–Crippen LogP) is 2.61. The zero-order valence-electron chi connectivity index (χ0n) is 19.0. The first-order chi connectivity index (χ1) is 15.8. The van der Waals surface area contributed by atoms with Gasteiger partial charge >= 0.3 is 0 Å². The lowest BCUT2D eigenvalue weighted by Gasteiger charge is -2.35. The van der Waals surface area contributed by atoms with Crippen molar-refractivity contribution in [1.82, 2.24) is 25.8 Å². The minimum absolute atomic E-state index is 0.301. The molecule has 0 spiro atoms. The Labute approximate surface area is 192 Å². The highest BCUT2D eigenvalue weighted by molar-refractivity contribution is 6.10. The quantitative estimate of drug-likeness (QED) is 0.548. The van der Waals surface area contributed by atoms with Gasteiger partial charge in [0.05, 0.1) is 17.1 Å². The molecule has 1 fully saturated rings. The Balaban J connectivity index is 1.50. The van der Waals surface area contributed by atoms with E-state index in [-0.39, 0.29) is 5.91 Å². The molecule has 2 aliphatic heterocycles. The second-order valence-electron chi connectivity index (χ2n) is 8.38. The van der Waals surface area contributed by atoms with Gasteiger partial charge in [0.1, 0.15) is 18.1 Å². The number of hydrogen-bond acceptors (Lipinski definition) is 7. The molecule has 174 valence electrons. The Morgan fingerprint density at radius 1 is 1.27 bits per heavy atom. The largest absolute Gasteiger partial charge is 0.472 e. The van der Waals surface area contributed by atoms with E-state index in [1.165, 1.54) is 6.26 Å². The molecule has 0 aromatic carbocycles. The zero-order chi connectivity index (χ0) is 23.5. The SMILES string of the molecule is CN/C=C1/C=C(NC(=O)C2=COC(c3cc(C)nc(C)c3)N2)C(N2CCC(F)CC2)=CC1=N. The van der Waals surface area contributed by atoms with Crippen molar-refractivity contribution in [3.8, 4) is 0 Å². The van der Waals surface area contributed by atoms with Gasteiger partial charge in [-0.3, -0.25) is 9.78 Å². The number of hydrogen-bond donors (Lipinski definition) is 4. The van der Waals surface area contributed by atoms with Gasteiger partial charge in [-0.15, -0.1) is 0 Å². The molecule has 0 radical (unpaired) electrons. The van der Waals surface area contributed by atoms with E-state index >= 15 is 0 Å². The van der Waals surface area contributed by atoms with Gasteiger partial charge in [-0.1, -0.05) is 0 Å². The second kappa shape index (κ2) is 9.48. The number of nitrogens with one attached hydrogen (secondary N) is 4. The van der Waals surface area contributed by atoms with E-state index in [9.17, 15) is 9.18 Å². The Bertz CT molecular complexity index is 1060. The minimum atomic E-state index is -0.811. The number of nitrogens with zero attached hydrogens (tertiary/aromatic N) is 2. The van der Waals surface area contributed by atoms with Crippen molar-refractivity contribution in [2.75, 3.05) is 20.1 Å². The van der Waals surface area contributed by atoms with Crippen LogP contribution in [0.4, 0.5) is 4.39 Å². The summed E-state index contributed by atoms with van der Waals surface area (Å²) in [5, 5.41) is 17.3. The maximum Gasteiger partial charge on any atom is 0.275 e. The van der Waals surface area contributed by atoms with E-state index in [0.29, 0.717) is 54.3 Å². The first kappa shape index (κ1) is 22.6. The summed E-state index contributed by atoms with van der Waals surface area (Å²) in [6, 6.07) is 3.83. The van der Waals surface area contributed by atoms with Crippen LogP contribution >= 0.6 is 0 Å². The van der Waals surface area contributed by atoms with Gasteiger partial charge in [0.25, 0.3) is 5.91 Å². The molecule has 1 unspecified atom stereocenters. The van der Waals surface area contributed by atoms with Gasteiger partial charge in [0.2, 0.25) is 0 Å². The lowest BCUT2D eigenvalue weighted by Crippen LogP contribution is -2.40. The van der Waals surface area contributed by atoms with Crippen LogP contribution in [0.5, 0.6) is 0 Å². The van der Waals surface area contributed by atoms with Crippen molar-refractivity contribution in [3.05, 3.63) is 76.4 Å². The fourth-order valence-corrected chi connectivity index (χ4v) is 4.16. The smallest absolute Gasteiger partial charge is 0.275 e. The third-order valence-electron chi connectivity index (χ3n) is 5.74. The summed E-state index contributed by atoms with van der Waals surface area (Å²) in [6.07, 6.45) is 6.17. The third-order valence-corrected chi connectivity index (χ3v) is 5.74. The average molecular weight is 453 g/mol. The lowest BCUT2D eigenvalue weighted by molar-refractivity contribution is -0.117. The van der Waals surface area contributed by atoms with Crippen LogP contribution in [0.2, 0.25) is 0 Å². The van der Waals surface area contributed by atoms with Crippen LogP contribution in [0.3, 0.4) is 0 Å². The monoisotopic (exact) mass is 452 g/mol. The van der Waals surface area contributed by atoms with E-state index in [1.54, 1.807) is 25.4 Å². The molecule has 8 nitrogen and oxygen atoms in total. The molecule has 0 bridgehead atoms. The minimum Gasteiger partial charge on any atom is -0.472 e. The van der Waals surface area contributed by atoms with Crippen LogP contribution in [0.15, 0.2) is 59.4 Å². The summed E-state index contributed by atoms with van der Waals surface area (Å²) < 4.78 is 19.4. The molecule has 0 saturated carbocycles. The molecule has 1 atom stereocenters. The van der Waals surface area contributed by atoms with Crippen molar-refractivity contribution in [2.45, 2.75) is 39.1 Å². The van der Waals surface area contributed by atoms with Crippen LogP contribution in [0, 0.1) is 19.3 Å². The molecule has 3 aliphatic rings. The van der Waals surface area contributed by atoms with Crippen molar-refractivity contribution >= 4 is 11.6 Å². The zero-order valence-corrected chi connectivity index (χ0v) is 19.0. The van der Waals surface area contributed by atoms with Crippen molar-refractivity contribution in [1.29, 1.82) is 5.41 Å². The fraction of sp³-hybridized carbons (Fsp3) is 0.375. The van der Waals surface area contributed by atoms with Gasteiger partial charge in [-0.05, 0) is 51.0 Å². The van der Waals surface area contributed by atoms with Crippen molar-refractivity contribution in [2.24, 2.45) is 0 Å². The molecular formula is C24H29FN6O2. The second-order valence-corrected chi connectivity index (χ2v) is 8.38. The van der Waals surface area contributed by atoms with Crippen LogP contribution in [0.1, 0.15) is 36.0 Å². The van der Waals surface area contributed by atoms with E-state index in [0.717, 1.165) is 17.0 Å². The number of amides is 1. The number of carbonyl (C=O) groups is 1. The maximum atomic E-state index is 13.7. The van der Waals surface area contributed by atoms with Crippen LogP contribution in [0.25, 0.3) is 0 Å². The van der Waals surface area contributed by atoms with Crippen LogP contribution in [-0.2, 0) is 9.53 Å². The number of piperidine rings is 1. The summed E-state index contributed by atoms with van der Waals surface area (Å²) in [7, 11) is 1.75. The lowest BCUT2D eigenvalue weighted by atomic mass is 9.99. The van der Waals surface area contributed by atoms with E-state index in [1.807, 2.05) is 30.9 Å². The number of aromatic nitrogens is 1. The third kappa shape index (κ3) is 5.08. The number of aryl methyl sites for hydroxylation is 2. The molecule has 4 N–H and O–H groups in total. The average Bonchev–Trinajstić information content (AvgIpc) is 3.27. The number of carbonyl (C=O) groups excluding carboxylic acids is 1. The molecule has 1 saturated heterocycles. The van der Waals surface area contributed by atoms with E-state index in [2.05, 4.69) is 20.9 Å².